The molecule has 0 radical (unpaired) electrons. The first-order valence-corrected chi connectivity index (χ1v) is 7.10. The van der Waals surface area contributed by atoms with E-state index >= 15 is 0 Å². The number of rotatable bonds is 4. The zero-order valence-corrected chi connectivity index (χ0v) is 12.9. The van der Waals surface area contributed by atoms with E-state index in [1.165, 1.54) is 11.6 Å². The molecule has 0 aliphatic carbocycles. The first kappa shape index (κ1) is 15.1. The van der Waals surface area contributed by atoms with Crippen molar-refractivity contribution in [1.82, 2.24) is 4.57 Å². The standard InChI is InChI=1S/C18H21NO2/c1-12(2)15-6-5-7-17(11-15)19-13(3)10-16(14(19)4)8-9-18(20)21/h5-12H,1-4H3,(H,20,21)/b9-8+. The third kappa shape index (κ3) is 3.24. The Labute approximate surface area is 125 Å². The second kappa shape index (κ2) is 6.00. The summed E-state index contributed by atoms with van der Waals surface area (Å²) < 4.78 is 2.16. The van der Waals surface area contributed by atoms with Crippen molar-refractivity contribution >= 4 is 12.0 Å². The normalized spacial score (nSPS) is 11.5. The topological polar surface area (TPSA) is 42.2 Å². The van der Waals surface area contributed by atoms with Crippen molar-refractivity contribution in [2.45, 2.75) is 33.6 Å². The van der Waals surface area contributed by atoms with Gasteiger partial charge in [0, 0.05) is 23.2 Å². The summed E-state index contributed by atoms with van der Waals surface area (Å²) in [4.78, 5) is 10.7. The van der Waals surface area contributed by atoms with Crippen molar-refractivity contribution in [1.29, 1.82) is 0 Å². The molecule has 1 N–H and O–H groups in total. The van der Waals surface area contributed by atoms with Crippen LogP contribution in [-0.4, -0.2) is 15.6 Å². The lowest BCUT2D eigenvalue weighted by atomic mass is 10.0. The molecular formula is C18H21NO2. The van der Waals surface area contributed by atoms with Crippen molar-refractivity contribution in [2.75, 3.05) is 0 Å². The minimum atomic E-state index is -0.929. The zero-order valence-electron chi connectivity index (χ0n) is 12.9. The van der Waals surface area contributed by atoms with Gasteiger partial charge in [-0.1, -0.05) is 26.0 Å². The Morgan fingerprint density at radius 3 is 2.57 bits per heavy atom. The second-order valence-electron chi connectivity index (χ2n) is 5.58. The van der Waals surface area contributed by atoms with Crippen molar-refractivity contribution in [3.63, 3.8) is 0 Å². The van der Waals surface area contributed by atoms with E-state index in [2.05, 4.69) is 42.7 Å². The molecule has 110 valence electrons. The van der Waals surface area contributed by atoms with E-state index in [1.807, 2.05) is 19.9 Å². The Bertz CT molecular complexity index is 693. The molecule has 2 aromatic rings. The van der Waals surface area contributed by atoms with Crippen LogP contribution in [0.1, 0.15) is 42.3 Å². The number of nitrogens with zero attached hydrogens (tertiary/aromatic N) is 1. The van der Waals surface area contributed by atoms with Crippen molar-refractivity contribution < 1.29 is 9.90 Å². The van der Waals surface area contributed by atoms with Gasteiger partial charge in [0.05, 0.1) is 0 Å². The highest BCUT2D eigenvalue weighted by atomic mass is 16.4. The Morgan fingerprint density at radius 1 is 1.24 bits per heavy atom. The molecular weight excluding hydrogens is 262 g/mol. The van der Waals surface area contributed by atoms with Crippen LogP contribution in [0, 0.1) is 13.8 Å². The molecule has 0 atom stereocenters. The summed E-state index contributed by atoms with van der Waals surface area (Å²) in [6.07, 6.45) is 2.82. The van der Waals surface area contributed by atoms with E-state index in [0.29, 0.717) is 5.92 Å². The molecule has 0 amide bonds. The monoisotopic (exact) mass is 283 g/mol. The summed E-state index contributed by atoms with van der Waals surface area (Å²) in [5, 5.41) is 8.76. The van der Waals surface area contributed by atoms with Gasteiger partial charge in [0.2, 0.25) is 0 Å². The fraction of sp³-hybridized carbons (Fsp3) is 0.278. The Morgan fingerprint density at radius 2 is 1.95 bits per heavy atom. The molecule has 0 saturated carbocycles. The highest BCUT2D eigenvalue weighted by molar-refractivity contribution is 5.85. The predicted molar refractivity (Wildman–Crippen MR) is 86.0 cm³/mol. The fourth-order valence-electron chi connectivity index (χ4n) is 2.54. The molecule has 0 spiro atoms. The molecule has 1 aromatic heterocycles. The molecule has 0 aliphatic heterocycles. The van der Waals surface area contributed by atoms with Gasteiger partial charge in [0.25, 0.3) is 0 Å². The van der Waals surface area contributed by atoms with Gasteiger partial charge in [-0.3, -0.25) is 0 Å². The summed E-state index contributed by atoms with van der Waals surface area (Å²) in [5.74, 6) is -0.450. The van der Waals surface area contributed by atoms with Gasteiger partial charge < -0.3 is 9.67 Å². The molecule has 0 bridgehead atoms. The Hall–Kier alpha value is -2.29. The number of benzene rings is 1. The summed E-state index contributed by atoms with van der Waals surface area (Å²) in [7, 11) is 0. The van der Waals surface area contributed by atoms with Crippen LogP contribution < -0.4 is 0 Å². The van der Waals surface area contributed by atoms with Gasteiger partial charge in [-0.05, 0) is 55.2 Å². The van der Waals surface area contributed by atoms with Crippen LogP contribution in [0.5, 0.6) is 0 Å². The number of carbonyl (C=O) groups is 1. The molecule has 1 aromatic carbocycles. The van der Waals surface area contributed by atoms with Gasteiger partial charge in [0.15, 0.2) is 0 Å². The van der Waals surface area contributed by atoms with Gasteiger partial charge in [-0.25, -0.2) is 4.79 Å². The zero-order chi connectivity index (χ0) is 15.6. The quantitative estimate of drug-likeness (QED) is 0.849. The molecule has 2 rings (SSSR count). The van der Waals surface area contributed by atoms with Crippen LogP contribution in [0.4, 0.5) is 0 Å². The molecule has 0 fully saturated rings. The molecule has 0 unspecified atom stereocenters. The largest absolute Gasteiger partial charge is 0.478 e. The lowest BCUT2D eigenvalue weighted by Crippen LogP contribution is -2.00. The summed E-state index contributed by atoms with van der Waals surface area (Å²) in [6, 6.07) is 10.5. The number of carboxylic acid groups (broad SMARTS) is 1. The van der Waals surface area contributed by atoms with Gasteiger partial charge in [0.1, 0.15) is 0 Å². The minimum absolute atomic E-state index is 0.479. The molecule has 1 heterocycles. The molecule has 3 heteroatoms. The van der Waals surface area contributed by atoms with Crippen LogP contribution in [0.25, 0.3) is 11.8 Å². The number of hydrogen-bond acceptors (Lipinski definition) is 1. The van der Waals surface area contributed by atoms with E-state index in [1.54, 1.807) is 6.08 Å². The number of aromatic nitrogens is 1. The predicted octanol–water partition coefficient (Wildman–Crippen LogP) is 4.32. The maximum atomic E-state index is 10.7. The minimum Gasteiger partial charge on any atom is -0.478 e. The number of carboxylic acids is 1. The smallest absolute Gasteiger partial charge is 0.328 e. The molecule has 0 saturated heterocycles. The average molecular weight is 283 g/mol. The molecule has 3 nitrogen and oxygen atoms in total. The maximum absolute atomic E-state index is 10.7. The third-order valence-electron chi connectivity index (χ3n) is 3.67. The van der Waals surface area contributed by atoms with E-state index in [-0.39, 0.29) is 0 Å². The van der Waals surface area contributed by atoms with Crippen LogP contribution in [0.3, 0.4) is 0 Å². The van der Waals surface area contributed by atoms with Crippen LogP contribution >= 0.6 is 0 Å². The fourth-order valence-corrected chi connectivity index (χ4v) is 2.54. The Kier molecular flexibility index (Phi) is 4.32. The van der Waals surface area contributed by atoms with Crippen molar-refractivity contribution in [2.24, 2.45) is 0 Å². The summed E-state index contributed by atoms with van der Waals surface area (Å²) >= 11 is 0. The summed E-state index contributed by atoms with van der Waals surface area (Å²) in [6.45, 7) is 8.40. The number of aryl methyl sites for hydroxylation is 1. The van der Waals surface area contributed by atoms with Gasteiger partial charge in [-0.15, -0.1) is 0 Å². The van der Waals surface area contributed by atoms with Gasteiger partial charge in [-0.2, -0.15) is 0 Å². The number of aliphatic carboxylic acids is 1. The molecule has 21 heavy (non-hydrogen) atoms. The molecule has 0 aliphatic rings. The van der Waals surface area contributed by atoms with Crippen LogP contribution in [0.2, 0.25) is 0 Å². The SMILES string of the molecule is Cc1cc(/C=C/C(=O)O)c(C)n1-c1cccc(C(C)C)c1. The van der Waals surface area contributed by atoms with Crippen molar-refractivity contribution in [3.8, 4) is 5.69 Å². The lowest BCUT2D eigenvalue weighted by Gasteiger charge is -2.13. The Balaban J connectivity index is 2.50. The van der Waals surface area contributed by atoms with Crippen LogP contribution in [-0.2, 0) is 4.79 Å². The first-order chi connectivity index (χ1) is 9.90. The highest BCUT2D eigenvalue weighted by Gasteiger charge is 2.10. The highest BCUT2D eigenvalue weighted by Crippen LogP contribution is 2.24. The van der Waals surface area contributed by atoms with E-state index in [4.69, 9.17) is 5.11 Å². The third-order valence-corrected chi connectivity index (χ3v) is 3.67. The van der Waals surface area contributed by atoms with E-state index in [0.717, 1.165) is 22.6 Å². The van der Waals surface area contributed by atoms with Crippen LogP contribution in [0.15, 0.2) is 36.4 Å². The van der Waals surface area contributed by atoms with Crippen molar-refractivity contribution in [3.05, 3.63) is 58.9 Å². The first-order valence-electron chi connectivity index (χ1n) is 7.10. The average Bonchev–Trinajstić information content (AvgIpc) is 2.71. The summed E-state index contributed by atoms with van der Waals surface area (Å²) in [5.41, 5.74) is 5.49. The van der Waals surface area contributed by atoms with E-state index in [9.17, 15) is 4.79 Å². The second-order valence-corrected chi connectivity index (χ2v) is 5.58. The lowest BCUT2D eigenvalue weighted by molar-refractivity contribution is -0.131. The van der Waals surface area contributed by atoms with Gasteiger partial charge >= 0.3 is 5.97 Å². The maximum Gasteiger partial charge on any atom is 0.328 e. The number of hydrogen-bond donors (Lipinski definition) is 1. The van der Waals surface area contributed by atoms with E-state index < -0.39 is 5.97 Å².